The van der Waals surface area contributed by atoms with Crippen molar-refractivity contribution in [3.05, 3.63) is 53.6 Å². The van der Waals surface area contributed by atoms with Crippen LogP contribution in [0.4, 0.5) is 5.69 Å². The van der Waals surface area contributed by atoms with Crippen LogP contribution in [0.2, 0.25) is 0 Å². The molecule has 0 amide bonds. The van der Waals surface area contributed by atoms with Gasteiger partial charge in [0, 0.05) is 36.0 Å². The Morgan fingerprint density at radius 2 is 1.56 bits per heavy atom. The molecular formula is C22H32N2O. The Balaban J connectivity index is 2.14. The third-order valence-electron chi connectivity index (χ3n) is 5.21. The number of nitrogens with zero attached hydrogens (tertiary/aromatic N) is 2. The molecule has 2 rings (SSSR count). The number of benzene rings is 1. The molecular weight excluding hydrogens is 308 g/mol. The van der Waals surface area contributed by atoms with Crippen molar-refractivity contribution >= 4 is 11.5 Å². The Morgan fingerprint density at radius 1 is 0.960 bits per heavy atom. The van der Waals surface area contributed by atoms with Gasteiger partial charge in [-0.05, 0) is 57.1 Å². The average Bonchev–Trinajstić information content (AvgIpc) is 2.65. The summed E-state index contributed by atoms with van der Waals surface area (Å²) < 4.78 is 0. The smallest absolute Gasteiger partial charge is 0.192 e. The molecule has 0 spiro atoms. The molecule has 3 heteroatoms. The van der Waals surface area contributed by atoms with Crippen molar-refractivity contribution in [1.29, 1.82) is 0 Å². The standard InChI is InChI=1S/C22H32N2O/c1-6-23(7-2)20-13-10-18(11-14-20)22(25)19-12-15-21(17(5)16-19)24(8-3)9-4/h10-17,21H,6-9H2,1-5H3. The molecule has 3 nitrogen and oxygen atoms in total. The van der Waals surface area contributed by atoms with Gasteiger partial charge in [-0.3, -0.25) is 9.69 Å². The van der Waals surface area contributed by atoms with Crippen LogP contribution in [0.5, 0.6) is 0 Å². The summed E-state index contributed by atoms with van der Waals surface area (Å²) >= 11 is 0. The fourth-order valence-electron chi connectivity index (χ4n) is 3.64. The lowest BCUT2D eigenvalue weighted by atomic mass is 9.88. The van der Waals surface area contributed by atoms with Gasteiger partial charge in [0.25, 0.3) is 0 Å². The first kappa shape index (κ1) is 19.5. The molecule has 2 atom stereocenters. The Kier molecular flexibility index (Phi) is 7.01. The van der Waals surface area contributed by atoms with Crippen molar-refractivity contribution in [1.82, 2.24) is 4.90 Å². The second-order valence-corrected chi connectivity index (χ2v) is 6.60. The number of likely N-dealkylation sites (N-methyl/N-ethyl adjacent to an activating group) is 1. The van der Waals surface area contributed by atoms with E-state index in [9.17, 15) is 4.79 Å². The molecule has 0 bridgehead atoms. The molecule has 0 saturated carbocycles. The van der Waals surface area contributed by atoms with E-state index in [2.05, 4.69) is 68.7 Å². The highest BCUT2D eigenvalue weighted by Crippen LogP contribution is 2.24. The zero-order valence-corrected chi connectivity index (χ0v) is 16.3. The number of hydrogen-bond acceptors (Lipinski definition) is 3. The number of Topliss-reactive ketones (excluding diaryl/α,β-unsaturated/α-hetero) is 1. The van der Waals surface area contributed by atoms with Crippen molar-refractivity contribution in [3.8, 4) is 0 Å². The number of anilines is 1. The van der Waals surface area contributed by atoms with E-state index in [-0.39, 0.29) is 5.78 Å². The van der Waals surface area contributed by atoms with Gasteiger partial charge in [-0.1, -0.05) is 39.0 Å². The van der Waals surface area contributed by atoms with E-state index in [1.54, 1.807) is 0 Å². The topological polar surface area (TPSA) is 23.6 Å². The van der Waals surface area contributed by atoms with Crippen LogP contribution in [0.15, 0.2) is 48.1 Å². The first-order valence-corrected chi connectivity index (χ1v) is 9.59. The Morgan fingerprint density at radius 3 is 2.04 bits per heavy atom. The fourth-order valence-corrected chi connectivity index (χ4v) is 3.64. The van der Waals surface area contributed by atoms with Gasteiger partial charge in [0.15, 0.2) is 5.78 Å². The van der Waals surface area contributed by atoms with Crippen molar-refractivity contribution in [2.45, 2.75) is 40.7 Å². The van der Waals surface area contributed by atoms with Gasteiger partial charge < -0.3 is 4.90 Å². The van der Waals surface area contributed by atoms with Crippen molar-refractivity contribution in [3.63, 3.8) is 0 Å². The van der Waals surface area contributed by atoms with Crippen LogP contribution >= 0.6 is 0 Å². The average molecular weight is 341 g/mol. The summed E-state index contributed by atoms with van der Waals surface area (Å²) in [6.45, 7) is 14.9. The van der Waals surface area contributed by atoms with Crippen LogP contribution in [0.3, 0.4) is 0 Å². The molecule has 0 heterocycles. The SMILES string of the molecule is CCN(CC)c1ccc(C(=O)C2=CC(C)C(N(CC)CC)C=C2)cc1. The van der Waals surface area contributed by atoms with E-state index in [0.29, 0.717) is 12.0 Å². The summed E-state index contributed by atoms with van der Waals surface area (Å²) in [7, 11) is 0. The Hall–Kier alpha value is -1.87. The minimum Gasteiger partial charge on any atom is -0.372 e. The number of carbonyl (C=O) groups excluding carboxylic acids is 1. The maximum atomic E-state index is 12.8. The van der Waals surface area contributed by atoms with Crippen LogP contribution < -0.4 is 4.90 Å². The van der Waals surface area contributed by atoms with Gasteiger partial charge in [0.1, 0.15) is 0 Å². The van der Waals surface area contributed by atoms with E-state index in [1.807, 2.05) is 18.2 Å². The number of hydrogen-bond donors (Lipinski definition) is 0. The minimum absolute atomic E-state index is 0.118. The summed E-state index contributed by atoms with van der Waals surface area (Å²) in [5.41, 5.74) is 2.75. The van der Waals surface area contributed by atoms with Gasteiger partial charge in [0.05, 0.1) is 0 Å². The highest BCUT2D eigenvalue weighted by molar-refractivity contribution is 6.10. The molecule has 1 aliphatic carbocycles. The van der Waals surface area contributed by atoms with Gasteiger partial charge in [-0.25, -0.2) is 0 Å². The summed E-state index contributed by atoms with van der Waals surface area (Å²) in [5, 5.41) is 0. The molecule has 2 unspecified atom stereocenters. The van der Waals surface area contributed by atoms with E-state index in [1.165, 1.54) is 5.69 Å². The highest BCUT2D eigenvalue weighted by atomic mass is 16.1. The molecule has 1 aromatic rings. The summed E-state index contributed by atoms with van der Waals surface area (Å²) in [6, 6.07) is 8.39. The van der Waals surface area contributed by atoms with E-state index >= 15 is 0 Å². The monoisotopic (exact) mass is 340 g/mol. The number of carbonyl (C=O) groups is 1. The maximum Gasteiger partial charge on any atom is 0.192 e. The lowest BCUT2D eigenvalue weighted by molar-refractivity contribution is 0.103. The number of rotatable bonds is 8. The van der Waals surface area contributed by atoms with Gasteiger partial charge in [-0.2, -0.15) is 0 Å². The van der Waals surface area contributed by atoms with Crippen LogP contribution in [-0.4, -0.2) is 42.9 Å². The number of ketones is 1. The van der Waals surface area contributed by atoms with Crippen LogP contribution in [0, 0.1) is 5.92 Å². The second-order valence-electron chi connectivity index (χ2n) is 6.60. The van der Waals surface area contributed by atoms with E-state index in [0.717, 1.165) is 37.3 Å². The van der Waals surface area contributed by atoms with Crippen molar-refractivity contribution < 1.29 is 4.79 Å². The summed E-state index contributed by atoms with van der Waals surface area (Å²) in [4.78, 5) is 17.5. The molecule has 0 aliphatic heterocycles. The van der Waals surface area contributed by atoms with Crippen LogP contribution in [0.25, 0.3) is 0 Å². The van der Waals surface area contributed by atoms with Crippen LogP contribution in [-0.2, 0) is 0 Å². The molecule has 0 saturated heterocycles. The maximum absolute atomic E-state index is 12.8. The Bertz CT molecular complexity index is 622. The highest BCUT2D eigenvalue weighted by Gasteiger charge is 2.24. The normalized spacial score (nSPS) is 19.8. The number of allylic oxidation sites excluding steroid dienone is 2. The minimum atomic E-state index is 0.118. The van der Waals surface area contributed by atoms with Gasteiger partial charge in [0.2, 0.25) is 0 Å². The third kappa shape index (κ3) is 4.40. The zero-order valence-electron chi connectivity index (χ0n) is 16.3. The van der Waals surface area contributed by atoms with E-state index in [4.69, 9.17) is 0 Å². The molecule has 136 valence electrons. The summed E-state index contributed by atoms with van der Waals surface area (Å²) in [5.74, 6) is 0.464. The molecule has 0 N–H and O–H groups in total. The van der Waals surface area contributed by atoms with Crippen molar-refractivity contribution in [2.75, 3.05) is 31.1 Å². The van der Waals surface area contributed by atoms with Gasteiger partial charge >= 0.3 is 0 Å². The zero-order chi connectivity index (χ0) is 18.4. The quantitative estimate of drug-likeness (QED) is 0.648. The lowest BCUT2D eigenvalue weighted by Crippen LogP contribution is -2.39. The molecule has 1 aliphatic rings. The molecule has 0 aromatic heterocycles. The first-order valence-electron chi connectivity index (χ1n) is 9.59. The molecule has 0 fully saturated rings. The largest absolute Gasteiger partial charge is 0.372 e. The predicted molar refractivity (Wildman–Crippen MR) is 107 cm³/mol. The molecule has 1 aromatic carbocycles. The fraction of sp³-hybridized carbons (Fsp3) is 0.500. The van der Waals surface area contributed by atoms with Crippen LogP contribution in [0.1, 0.15) is 45.0 Å². The third-order valence-corrected chi connectivity index (χ3v) is 5.21. The van der Waals surface area contributed by atoms with E-state index < -0.39 is 0 Å². The molecule has 25 heavy (non-hydrogen) atoms. The van der Waals surface area contributed by atoms with Crippen molar-refractivity contribution in [2.24, 2.45) is 5.92 Å². The second kappa shape index (κ2) is 9.00. The predicted octanol–water partition coefficient (Wildman–Crippen LogP) is 4.56. The van der Waals surface area contributed by atoms with Gasteiger partial charge in [-0.15, -0.1) is 0 Å². The lowest BCUT2D eigenvalue weighted by Gasteiger charge is -2.33. The summed E-state index contributed by atoms with van der Waals surface area (Å²) in [6.07, 6.45) is 6.32. The molecule has 0 radical (unpaired) electrons. The first-order chi connectivity index (χ1) is 12.0. The Labute approximate surface area is 153 Å².